The van der Waals surface area contributed by atoms with E-state index in [1.54, 1.807) is 23.1 Å². The smallest absolute Gasteiger partial charge is 0.250 e. The minimum absolute atomic E-state index is 0.00300. The molecule has 7 nitrogen and oxygen atoms in total. The minimum atomic E-state index is -0.373. The number of nitrogens with zero attached hydrogens (tertiary/aromatic N) is 2. The Kier molecular flexibility index (Phi) is 5.91. The molecule has 3 rings (SSSR count). The average Bonchev–Trinajstić information content (AvgIpc) is 2.65. The predicted molar refractivity (Wildman–Crippen MR) is 103 cm³/mol. The second-order valence-electron chi connectivity index (χ2n) is 6.65. The standard InChI is InChI=1S/C19H21ClN4O3/c1-12-14(20)5-2-6-15(12)23-18(26)9-19(27)24-7-3-4-13(10-24)16-8-17(25)22-11-21-16/h2,5-6,8,11,13H,3-4,7,9-10H2,1H3,(H,23,26)(H,21,22,25). The number of carbonyl (C=O) groups is 2. The number of aromatic nitrogens is 2. The second kappa shape index (κ2) is 8.35. The molecule has 2 aromatic rings. The fraction of sp³-hybridized carbons (Fsp3) is 0.368. The maximum Gasteiger partial charge on any atom is 0.250 e. The van der Waals surface area contributed by atoms with Gasteiger partial charge in [0.2, 0.25) is 11.8 Å². The van der Waals surface area contributed by atoms with Gasteiger partial charge in [0.25, 0.3) is 5.56 Å². The van der Waals surface area contributed by atoms with E-state index in [9.17, 15) is 14.4 Å². The Bertz CT molecular complexity index is 912. The first-order valence-electron chi connectivity index (χ1n) is 8.81. The van der Waals surface area contributed by atoms with Gasteiger partial charge in [-0.15, -0.1) is 0 Å². The molecule has 8 heteroatoms. The van der Waals surface area contributed by atoms with Crippen molar-refractivity contribution in [1.82, 2.24) is 14.9 Å². The first kappa shape index (κ1) is 19.1. The third-order valence-corrected chi connectivity index (χ3v) is 5.15. The first-order valence-corrected chi connectivity index (χ1v) is 9.19. The molecule has 1 aromatic heterocycles. The van der Waals surface area contributed by atoms with Gasteiger partial charge in [-0.25, -0.2) is 4.98 Å². The van der Waals surface area contributed by atoms with Crippen LogP contribution < -0.4 is 10.9 Å². The first-order chi connectivity index (χ1) is 12.9. The van der Waals surface area contributed by atoms with Crippen molar-refractivity contribution < 1.29 is 9.59 Å². The number of likely N-dealkylation sites (tertiary alicyclic amines) is 1. The topological polar surface area (TPSA) is 95.2 Å². The number of amides is 2. The monoisotopic (exact) mass is 388 g/mol. The van der Waals surface area contributed by atoms with Crippen molar-refractivity contribution in [2.45, 2.75) is 32.1 Å². The molecule has 1 aromatic carbocycles. The van der Waals surface area contributed by atoms with Crippen molar-refractivity contribution in [1.29, 1.82) is 0 Å². The van der Waals surface area contributed by atoms with Crippen LogP contribution >= 0.6 is 11.6 Å². The van der Waals surface area contributed by atoms with E-state index in [0.717, 1.165) is 18.4 Å². The number of hydrogen-bond acceptors (Lipinski definition) is 4. The van der Waals surface area contributed by atoms with Crippen molar-refractivity contribution in [2.24, 2.45) is 0 Å². The highest BCUT2D eigenvalue weighted by atomic mass is 35.5. The van der Waals surface area contributed by atoms with E-state index in [0.29, 0.717) is 29.5 Å². The van der Waals surface area contributed by atoms with Gasteiger partial charge in [-0.2, -0.15) is 0 Å². The molecule has 1 fully saturated rings. The van der Waals surface area contributed by atoms with E-state index in [4.69, 9.17) is 11.6 Å². The predicted octanol–water partition coefficient (Wildman–Crippen LogP) is 2.47. The van der Waals surface area contributed by atoms with Gasteiger partial charge in [-0.1, -0.05) is 17.7 Å². The van der Waals surface area contributed by atoms with Crippen LogP contribution in [0.4, 0.5) is 5.69 Å². The number of nitrogens with one attached hydrogen (secondary N) is 2. The zero-order valence-corrected chi connectivity index (χ0v) is 15.8. The number of anilines is 1. The zero-order chi connectivity index (χ0) is 19.4. The summed E-state index contributed by atoms with van der Waals surface area (Å²) in [6, 6.07) is 6.71. The number of H-pyrrole nitrogens is 1. The minimum Gasteiger partial charge on any atom is -0.342 e. The third-order valence-electron chi connectivity index (χ3n) is 4.75. The van der Waals surface area contributed by atoms with Crippen molar-refractivity contribution >= 4 is 29.1 Å². The third kappa shape index (κ3) is 4.74. The molecular formula is C19H21ClN4O3. The summed E-state index contributed by atoms with van der Waals surface area (Å²) in [5, 5.41) is 3.30. The summed E-state index contributed by atoms with van der Waals surface area (Å²) < 4.78 is 0. The number of aromatic amines is 1. The average molecular weight is 389 g/mol. The number of benzene rings is 1. The van der Waals surface area contributed by atoms with Crippen molar-refractivity contribution in [3.63, 3.8) is 0 Å². The molecule has 1 saturated heterocycles. The van der Waals surface area contributed by atoms with Crippen molar-refractivity contribution in [3.8, 4) is 0 Å². The molecule has 2 N–H and O–H groups in total. The summed E-state index contributed by atoms with van der Waals surface area (Å²) in [7, 11) is 0. The zero-order valence-electron chi connectivity index (χ0n) is 15.0. The maximum absolute atomic E-state index is 12.5. The summed E-state index contributed by atoms with van der Waals surface area (Å²) in [6.45, 7) is 2.87. The number of halogens is 1. The molecular weight excluding hydrogens is 368 g/mol. The highest BCUT2D eigenvalue weighted by molar-refractivity contribution is 6.31. The van der Waals surface area contributed by atoms with Gasteiger partial charge in [-0.05, 0) is 37.5 Å². The van der Waals surface area contributed by atoms with Gasteiger partial charge in [0.15, 0.2) is 0 Å². The van der Waals surface area contributed by atoms with Crippen LogP contribution in [0.3, 0.4) is 0 Å². The Morgan fingerprint density at radius 2 is 2.22 bits per heavy atom. The SMILES string of the molecule is Cc1c(Cl)cccc1NC(=O)CC(=O)N1CCCC(c2cc(=O)[nH]cn2)C1. The summed E-state index contributed by atoms with van der Waals surface area (Å²) in [6.07, 6.45) is 2.80. The lowest BCUT2D eigenvalue weighted by molar-refractivity contribution is -0.135. The molecule has 0 spiro atoms. The van der Waals surface area contributed by atoms with E-state index < -0.39 is 0 Å². The fourth-order valence-electron chi connectivity index (χ4n) is 3.24. The largest absolute Gasteiger partial charge is 0.342 e. The highest BCUT2D eigenvalue weighted by Gasteiger charge is 2.27. The lowest BCUT2D eigenvalue weighted by Crippen LogP contribution is -2.40. The maximum atomic E-state index is 12.5. The Labute approximate surface area is 161 Å². The molecule has 1 atom stereocenters. The second-order valence-corrected chi connectivity index (χ2v) is 7.06. The van der Waals surface area contributed by atoms with Gasteiger partial charge >= 0.3 is 0 Å². The summed E-state index contributed by atoms with van der Waals surface area (Å²) >= 11 is 6.05. The van der Waals surface area contributed by atoms with Crippen LogP contribution in [-0.2, 0) is 9.59 Å². The van der Waals surface area contributed by atoms with Gasteiger partial charge in [-0.3, -0.25) is 14.4 Å². The van der Waals surface area contributed by atoms with Gasteiger partial charge in [0.1, 0.15) is 6.42 Å². The summed E-state index contributed by atoms with van der Waals surface area (Å²) in [4.78, 5) is 44.7. The molecule has 1 aliphatic heterocycles. The Morgan fingerprint density at radius 1 is 1.41 bits per heavy atom. The fourth-order valence-corrected chi connectivity index (χ4v) is 3.41. The van der Waals surface area contributed by atoms with E-state index >= 15 is 0 Å². The van der Waals surface area contributed by atoms with Gasteiger partial charge in [0.05, 0.1) is 12.0 Å². The Hall–Kier alpha value is -2.67. The number of piperidine rings is 1. The lowest BCUT2D eigenvalue weighted by Gasteiger charge is -2.32. The molecule has 1 aliphatic rings. The van der Waals surface area contributed by atoms with E-state index in [1.165, 1.54) is 12.4 Å². The molecule has 27 heavy (non-hydrogen) atoms. The number of carbonyl (C=O) groups excluding carboxylic acids is 2. The summed E-state index contributed by atoms with van der Waals surface area (Å²) in [5.74, 6) is -0.605. The van der Waals surface area contributed by atoms with Crippen LogP contribution in [0.2, 0.25) is 5.02 Å². The summed E-state index contributed by atoms with van der Waals surface area (Å²) in [5.41, 5.74) is 1.83. The van der Waals surface area contributed by atoms with Crippen LogP contribution in [0.15, 0.2) is 35.4 Å². The molecule has 0 aliphatic carbocycles. The lowest BCUT2D eigenvalue weighted by atomic mass is 9.94. The normalized spacial score (nSPS) is 16.8. The van der Waals surface area contributed by atoms with Crippen LogP contribution in [-0.4, -0.2) is 39.8 Å². The van der Waals surface area contributed by atoms with Crippen molar-refractivity contribution in [2.75, 3.05) is 18.4 Å². The van der Waals surface area contributed by atoms with Crippen LogP contribution in [0, 0.1) is 6.92 Å². The molecule has 0 bridgehead atoms. The van der Waals surface area contributed by atoms with Crippen LogP contribution in [0.1, 0.15) is 36.4 Å². The van der Waals surface area contributed by atoms with E-state index in [1.807, 2.05) is 6.92 Å². The van der Waals surface area contributed by atoms with Crippen LogP contribution in [0.5, 0.6) is 0 Å². The molecule has 2 amide bonds. The molecule has 1 unspecified atom stereocenters. The van der Waals surface area contributed by atoms with Crippen molar-refractivity contribution in [3.05, 3.63) is 57.2 Å². The highest BCUT2D eigenvalue weighted by Crippen LogP contribution is 2.26. The number of hydrogen-bond donors (Lipinski definition) is 2. The number of rotatable bonds is 4. The van der Waals surface area contributed by atoms with Gasteiger partial charge < -0.3 is 15.2 Å². The van der Waals surface area contributed by atoms with E-state index in [-0.39, 0.29) is 29.7 Å². The molecule has 2 heterocycles. The molecule has 0 radical (unpaired) electrons. The van der Waals surface area contributed by atoms with Gasteiger partial charge in [0, 0.05) is 35.8 Å². The van der Waals surface area contributed by atoms with Crippen LogP contribution in [0.25, 0.3) is 0 Å². The Morgan fingerprint density at radius 3 is 3.00 bits per heavy atom. The Balaban J connectivity index is 1.61. The molecule has 142 valence electrons. The quantitative estimate of drug-likeness (QED) is 0.786. The molecule has 0 saturated carbocycles. The van der Waals surface area contributed by atoms with E-state index in [2.05, 4.69) is 15.3 Å².